The Morgan fingerprint density at radius 1 is 1.25 bits per heavy atom. The highest BCUT2D eigenvalue weighted by Crippen LogP contribution is 2.33. The van der Waals surface area contributed by atoms with E-state index in [9.17, 15) is 19.5 Å². The molecule has 10 heteroatoms. The molecular weight excluding hydrogens is 430 g/mol. The molecule has 0 atom stereocenters. The number of benzene rings is 2. The average Bonchev–Trinajstić information content (AvgIpc) is 3.02. The summed E-state index contributed by atoms with van der Waals surface area (Å²) in [5.41, 5.74) is 8.08. The van der Waals surface area contributed by atoms with Gasteiger partial charge < -0.3 is 22.0 Å². The largest absolute Gasteiger partial charge is 0.507 e. The number of phenols is 1. The van der Waals surface area contributed by atoms with Crippen molar-refractivity contribution >= 4 is 46.4 Å². The van der Waals surface area contributed by atoms with Crippen LogP contribution in [0.25, 0.3) is 6.08 Å². The van der Waals surface area contributed by atoms with Gasteiger partial charge in [0.05, 0.1) is 10.5 Å². The number of carbonyl (C=O) groups excluding carboxylic acids is 3. The van der Waals surface area contributed by atoms with Crippen molar-refractivity contribution in [3.63, 3.8) is 0 Å². The first kappa shape index (κ1) is 22.9. The summed E-state index contributed by atoms with van der Waals surface area (Å²) in [4.78, 5) is 38.6. The van der Waals surface area contributed by atoms with Crippen LogP contribution >= 0.6 is 11.8 Å². The lowest BCUT2D eigenvalue weighted by Crippen LogP contribution is -2.29. The summed E-state index contributed by atoms with van der Waals surface area (Å²) in [5.74, 6) is 4.21. The lowest BCUT2D eigenvalue weighted by molar-refractivity contribution is -0.123. The van der Waals surface area contributed by atoms with Gasteiger partial charge in [0.25, 0.3) is 11.1 Å². The number of thioether (sulfide) groups is 1. The lowest BCUT2D eigenvalue weighted by atomic mass is 10.1. The van der Waals surface area contributed by atoms with Crippen molar-refractivity contribution in [1.29, 1.82) is 0 Å². The molecule has 0 aromatic heterocycles. The van der Waals surface area contributed by atoms with Crippen molar-refractivity contribution in [3.8, 4) is 5.75 Å². The third kappa shape index (κ3) is 5.27. The molecule has 166 valence electrons. The number of anilines is 1. The van der Waals surface area contributed by atoms with Gasteiger partial charge in [0.15, 0.2) is 5.84 Å². The molecule has 0 unspecified atom stereocenters. The van der Waals surface area contributed by atoms with Gasteiger partial charge in [-0.2, -0.15) is 5.10 Å². The van der Waals surface area contributed by atoms with Crippen LogP contribution in [0, 0.1) is 6.92 Å². The minimum atomic E-state index is -0.358. The van der Waals surface area contributed by atoms with Crippen LogP contribution < -0.4 is 16.9 Å². The van der Waals surface area contributed by atoms with E-state index in [4.69, 9.17) is 11.6 Å². The maximum Gasteiger partial charge on any atom is 0.293 e. The average molecular weight is 454 g/mol. The molecule has 1 aliphatic heterocycles. The molecule has 32 heavy (non-hydrogen) atoms. The second-order valence-corrected chi connectivity index (χ2v) is 8.08. The second kappa shape index (κ2) is 10.0. The van der Waals surface area contributed by atoms with Crippen LogP contribution in [-0.2, 0) is 9.59 Å². The van der Waals surface area contributed by atoms with Crippen molar-refractivity contribution in [1.82, 2.24) is 4.90 Å². The van der Waals surface area contributed by atoms with Gasteiger partial charge in [0.2, 0.25) is 5.91 Å². The van der Waals surface area contributed by atoms with Crippen molar-refractivity contribution in [3.05, 3.63) is 64.1 Å². The smallest absolute Gasteiger partial charge is 0.293 e. The number of phenolic OH excluding ortho intramolecular Hbond substituents is 1. The molecule has 0 saturated carbocycles. The van der Waals surface area contributed by atoms with Crippen LogP contribution in [0.1, 0.15) is 29.5 Å². The number of aryl methyl sites for hydroxylation is 1. The minimum absolute atomic E-state index is 0.0333. The molecule has 3 amide bonds. The van der Waals surface area contributed by atoms with E-state index in [0.717, 1.165) is 27.8 Å². The maximum atomic E-state index is 12.6. The molecule has 2 aromatic carbocycles. The number of nitrogens with one attached hydrogen (secondary N) is 1. The number of amides is 3. The van der Waals surface area contributed by atoms with Crippen LogP contribution in [0.5, 0.6) is 5.75 Å². The fourth-order valence-electron chi connectivity index (χ4n) is 3.10. The Labute approximate surface area is 189 Å². The molecule has 9 nitrogen and oxygen atoms in total. The molecule has 1 fully saturated rings. The number of amidine groups is 1. The van der Waals surface area contributed by atoms with Gasteiger partial charge in [0.1, 0.15) is 5.75 Å². The summed E-state index contributed by atoms with van der Waals surface area (Å²) >= 11 is 0.895. The zero-order valence-electron chi connectivity index (χ0n) is 17.4. The number of imide groups is 1. The molecule has 0 bridgehead atoms. The zero-order valence-corrected chi connectivity index (χ0v) is 18.2. The molecule has 6 N–H and O–H groups in total. The van der Waals surface area contributed by atoms with Crippen molar-refractivity contribution in [2.75, 3.05) is 11.9 Å². The maximum absolute atomic E-state index is 12.6. The van der Waals surface area contributed by atoms with Gasteiger partial charge in [0, 0.05) is 24.7 Å². The van der Waals surface area contributed by atoms with E-state index in [0.29, 0.717) is 17.0 Å². The predicted molar refractivity (Wildman–Crippen MR) is 125 cm³/mol. The van der Waals surface area contributed by atoms with E-state index in [1.54, 1.807) is 12.1 Å². The first-order valence-corrected chi connectivity index (χ1v) is 10.6. The molecule has 1 heterocycles. The van der Waals surface area contributed by atoms with Gasteiger partial charge in [-0.1, -0.05) is 24.3 Å². The standard InChI is InChI=1S/C22H23N5O4S/c1-13-5-2-3-6-14(13)11-18-21(30)27(22(31)32-18)10-4-7-19(29)25-15-8-9-16(17(28)12-15)20(23)26-24/h2-3,5-6,8-9,11-12,28H,4,7,10,24H2,1H3,(H2,23,26)(H,25,29)/b18-11-. The molecule has 0 radical (unpaired) electrons. The van der Waals surface area contributed by atoms with Crippen molar-refractivity contribution < 1.29 is 19.5 Å². The number of carbonyl (C=O) groups is 3. The second-order valence-electron chi connectivity index (χ2n) is 7.09. The summed E-state index contributed by atoms with van der Waals surface area (Å²) < 4.78 is 0. The van der Waals surface area contributed by atoms with Gasteiger partial charge in [-0.3, -0.25) is 19.3 Å². The zero-order chi connectivity index (χ0) is 23.3. The molecule has 1 saturated heterocycles. The number of rotatable bonds is 7. The van der Waals surface area contributed by atoms with Gasteiger partial charge >= 0.3 is 0 Å². The van der Waals surface area contributed by atoms with Gasteiger partial charge in [-0.15, -0.1) is 0 Å². The number of aromatic hydroxyl groups is 1. The van der Waals surface area contributed by atoms with E-state index < -0.39 is 0 Å². The van der Waals surface area contributed by atoms with Gasteiger partial charge in [-0.25, -0.2) is 0 Å². The fourth-order valence-corrected chi connectivity index (χ4v) is 3.96. The normalized spacial score (nSPS) is 15.5. The highest BCUT2D eigenvalue weighted by atomic mass is 32.2. The first-order chi connectivity index (χ1) is 15.3. The van der Waals surface area contributed by atoms with E-state index in [1.165, 1.54) is 12.1 Å². The molecule has 3 rings (SSSR count). The van der Waals surface area contributed by atoms with Crippen LogP contribution in [0.4, 0.5) is 10.5 Å². The Morgan fingerprint density at radius 3 is 2.69 bits per heavy atom. The Hall–Kier alpha value is -3.79. The lowest BCUT2D eigenvalue weighted by Gasteiger charge is -2.12. The third-order valence-corrected chi connectivity index (χ3v) is 5.74. The Morgan fingerprint density at radius 2 is 2.00 bits per heavy atom. The number of nitrogens with two attached hydrogens (primary N) is 2. The summed E-state index contributed by atoms with van der Waals surface area (Å²) in [7, 11) is 0. The fraction of sp³-hybridized carbons (Fsp3) is 0.182. The highest BCUT2D eigenvalue weighted by Gasteiger charge is 2.34. The summed E-state index contributed by atoms with van der Waals surface area (Å²) in [5, 5.41) is 15.6. The summed E-state index contributed by atoms with van der Waals surface area (Å²) in [6, 6.07) is 12.0. The van der Waals surface area contributed by atoms with Crippen LogP contribution in [0.15, 0.2) is 52.5 Å². The van der Waals surface area contributed by atoms with E-state index in [1.807, 2.05) is 31.2 Å². The number of hydrazone groups is 1. The molecule has 2 aromatic rings. The topological polar surface area (TPSA) is 151 Å². The number of nitrogens with zero attached hydrogens (tertiary/aromatic N) is 2. The van der Waals surface area contributed by atoms with E-state index in [-0.39, 0.29) is 47.2 Å². The predicted octanol–water partition coefficient (Wildman–Crippen LogP) is 2.73. The summed E-state index contributed by atoms with van der Waals surface area (Å²) in [6.07, 6.45) is 2.11. The van der Waals surface area contributed by atoms with E-state index >= 15 is 0 Å². The van der Waals surface area contributed by atoms with Crippen molar-refractivity contribution in [2.45, 2.75) is 19.8 Å². The van der Waals surface area contributed by atoms with Crippen LogP contribution in [0.3, 0.4) is 0 Å². The summed E-state index contributed by atoms with van der Waals surface area (Å²) in [6.45, 7) is 2.07. The third-order valence-electron chi connectivity index (χ3n) is 4.83. The van der Waals surface area contributed by atoms with Crippen molar-refractivity contribution in [2.24, 2.45) is 16.7 Å². The minimum Gasteiger partial charge on any atom is -0.507 e. The monoisotopic (exact) mass is 453 g/mol. The molecular formula is C22H23N5O4S. The quantitative estimate of drug-likeness (QED) is 0.165. The van der Waals surface area contributed by atoms with Crippen LogP contribution in [-0.4, -0.2) is 39.4 Å². The first-order valence-electron chi connectivity index (χ1n) is 9.77. The number of hydrogen-bond donors (Lipinski definition) is 4. The molecule has 0 spiro atoms. The Bertz CT molecular complexity index is 1130. The Balaban J connectivity index is 1.54. The highest BCUT2D eigenvalue weighted by molar-refractivity contribution is 8.18. The van der Waals surface area contributed by atoms with Crippen LogP contribution in [0.2, 0.25) is 0 Å². The SMILES string of the molecule is Cc1ccccc1/C=C1\SC(=O)N(CCCC(=O)Nc2ccc(/C(N)=N/N)c(O)c2)C1=O. The Kier molecular flexibility index (Phi) is 7.16. The molecule has 0 aliphatic carbocycles. The number of hydrogen-bond acceptors (Lipinski definition) is 7. The van der Waals surface area contributed by atoms with E-state index in [2.05, 4.69) is 10.4 Å². The molecule has 1 aliphatic rings. The van der Waals surface area contributed by atoms with Gasteiger partial charge in [-0.05, 0) is 54.4 Å².